The van der Waals surface area contributed by atoms with E-state index in [2.05, 4.69) is 20.8 Å². The molecule has 1 saturated heterocycles. The van der Waals surface area contributed by atoms with Gasteiger partial charge in [-0.15, -0.1) is 5.10 Å². The molecule has 0 unspecified atom stereocenters. The zero-order valence-electron chi connectivity index (χ0n) is 15.5. The molecule has 9 heteroatoms. The smallest absolute Gasteiger partial charge is 0.242 e. The number of carbonyl (C=O) groups is 1. The molecule has 0 aliphatic carbocycles. The predicted octanol–water partition coefficient (Wildman–Crippen LogP) is 1.76. The third-order valence-electron chi connectivity index (χ3n) is 4.98. The Bertz CT molecular complexity index is 1180. The molecule has 28 heavy (non-hydrogen) atoms. The zero-order chi connectivity index (χ0) is 19.1. The van der Waals surface area contributed by atoms with Crippen LogP contribution in [-0.4, -0.2) is 47.9 Å². The zero-order valence-corrected chi connectivity index (χ0v) is 15.5. The molecule has 4 aromatic rings. The molecule has 2 N–H and O–H groups in total. The lowest BCUT2D eigenvalue weighted by atomic mass is 10.1. The van der Waals surface area contributed by atoms with Crippen LogP contribution < -0.4 is 10.6 Å². The number of para-hydroxylation sites is 1. The number of aromatic nitrogens is 6. The Morgan fingerprint density at radius 3 is 2.96 bits per heavy atom. The van der Waals surface area contributed by atoms with Crippen LogP contribution in [0.15, 0.2) is 36.7 Å². The van der Waals surface area contributed by atoms with Gasteiger partial charge in [-0.3, -0.25) is 9.48 Å². The summed E-state index contributed by atoms with van der Waals surface area (Å²) in [7, 11) is 1.86. The van der Waals surface area contributed by atoms with E-state index in [0.717, 1.165) is 35.7 Å². The molecule has 142 valence electrons. The van der Waals surface area contributed by atoms with E-state index in [9.17, 15) is 4.79 Å². The summed E-state index contributed by atoms with van der Waals surface area (Å²) in [5.74, 6) is 1.08. The van der Waals surface area contributed by atoms with Crippen LogP contribution in [0.4, 0.5) is 5.95 Å². The highest BCUT2D eigenvalue weighted by atomic mass is 16.2. The van der Waals surface area contributed by atoms with Crippen molar-refractivity contribution >= 4 is 28.4 Å². The van der Waals surface area contributed by atoms with E-state index < -0.39 is 0 Å². The van der Waals surface area contributed by atoms with Gasteiger partial charge in [0, 0.05) is 25.2 Å². The second-order valence-electron chi connectivity index (χ2n) is 7.01. The van der Waals surface area contributed by atoms with Crippen LogP contribution in [0.25, 0.3) is 27.9 Å². The van der Waals surface area contributed by atoms with Crippen LogP contribution >= 0.6 is 0 Å². The van der Waals surface area contributed by atoms with Crippen LogP contribution in [0.2, 0.25) is 0 Å². The highest BCUT2D eigenvalue weighted by Crippen LogP contribution is 2.24. The molecular formula is C19H20N8O. The maximum Gasteiger partial charge on any atom is 0.242 e. The Hall–Kier alpha value is -3.49. The summed E-state index contributed by atoms with van der Waals surface area (Å²) in [4.78, 5) is 21.8. The fourth-order valence-corrected chi connectivity index (χ4v) is 3.54. The van der Waals surface area contributed by atoms with E-state index in [-0.39, 0.29) is 11.9 Å². The number of anilines is 1. The Morgan fingerprint density at radius 2 is 2.11 bits per heavy atom. The van der Waals surface area contributed by atoms with Crippen LogP contribution in [0.5, 0.6) is 0 Å². The van der Waals surface area contributed by atoms with E-state index in [1.165, 1.54) is 0 Å². The standard InChI is InChI=1S/C19H20N8O/c1-26-11-12(10-21-26)16-24-17-13-6-2-3-7-14(13)22-19(27(17)25-16)23-15-8-4-5-9-20-18(15)28/h2-3,6-7,10-11,15H,4-5,8-9H2,1H3,(H,20,28)(H,22,23)/t15-/m0/s1. The van der Waals surface area contributed by atoms with Crippen molar-refractivity contribution in [3.63, 3.8) is 0 Å². The molecule has 1 fully saturated rings. The lowest BCUT2D eigenvalue weighted by molar-refractivity contribution is -0.121. The van der Waals surface area contributed by atoms with Crippen molar-refractivity contribution in [1.82, 2.24) is 34.7 Å². The second-order valence-corrected chi connectivity index (χ2v) is 7.01. The average molecular weight is 376 g/mol. The maximum absolute atomic E-state index is 12.4. The summed E-state index contributed by atoms with van der Waals surface area (Å²) in [6.07, 6.45) is 6.32. The molecule has 4 heterocycles. The van der Waals surface area contributed by atoms with Gasteiger partial charge in [-0.25, -0.2) is 9.97 Å². The molecule has 1 aliphatic rings. The maximum atomic E-state index is 12.4. The number of nitrogens with one attached hydrogen (secondary N) is 2. The fraction of sp³-hybridized carbons (Fsp3) is 0.316. The van der Waals surface area contributed by atoms with Gasteiger partial charge < -0.3 is 10.6 Å². The molecule has 5 rings (SSSR count). The molecule has 9 nitrogen and oxygen atoms in total. The molecule has 0 spiro atoms. The van der Waals surface area contributed by atoms with Crippen LogP contribution in [-0.2, 0) is 11.8 Å². The summed E-state index contributed by atoms with van der Waals surface area (Å²) < 4.78 is 3.40. The number of aryl methyl sites for hydroxylation is 1. The lowest BCUT2D eigenvalue weighted by Gasteiger charge is -2.16. The van der Waals surface area contributed by atoms with Crippen molar-refractivity contribution in [2.24, 2.45) is 7.05 Å². The first-order valence-corrected chi connectivity index (χ1v) is 9.38. The molecule has 0 bridgehead atoms. The summed E-state index contributed by atoms with van der Waals surface area (Å²) in [6, 6.07) is 7.46. The summed E-state index contributed by atoms with van der Waals surface area (Å²) in [5, 5.41) is 16.0. The van der Waals surface area contributed by atoms with Crippen molar-refractivity contribution in [2.75, 3.05) is 11.9 Å². The monoisotopic (exact) mass is 376 g/mol. The number of carbonyl (C=O) groups excluding carboxylic acids is 1. The second kappa shape index (κ2) is 6.59. The molecule has 1 aromatic carbocycles. The number of hydrogen-bond acceptors (Lipinski definition) is 6. The molecule has 1 atom stereocenters. The highest BCUT2D eigenvalue weighted by molar-refractivity contribution is 5.93. The number of benzene rings is 1. The van der Waals surface area contributed by atoms with E-state index in [1.54, 1.807) is 15.4 Å². The van der Waals surface area contributed by atoms with Gasteiger partial charge in [0.15, 0.2) is 11.5 Å². The van der Waals surface area contributed by atoms with E-state index in [1.807, 2.05) is 37.5 Å². The Labute approximate surface area is 160 Å². The van der Waals surface area contributed by atoms with Crippen molar-refractivity contribution in [1.29, 1.82) is 0 Å². The normalized spacial score (nSPS) is 17.6. The van der Waals surface area contributed by atoms with Crippen LogP contribution in [0.1, 0.15) is 19.3 Å². The molecule has 0 radical (unpaired) electrons. The largest absolute Gasteiger partial charge is 0.354 e. The summed E-state index contributed by atoms with van der Waals surface area (Å²) in [6.45, 7) is 0.714. The number of hydrogen-bond donors (Lipinski definition) is 2. The first kappa shape index (κ1) is 16.7. The third-order valence-corrected chi connectivity index (χ3v) is 4.98. The topological polar surface area (TPSA) is 102 Å². The predicted molar refractivity (Wildman–Crippen MR) is 105 cm³/mol. The van der Waals surface area contributed by atoms with E-state index in [0.29, 0.717) is 24.0 Å². The molecule has 3 aromatic heterocycles. The number of rotatable bonds is 3. The highest BCUT2D eigenvalue weighted by Gasteiger charge is 2.23. The minimum Gasteiger partial charge on any atom is -0.354 e. The number of fused-ring (bicyclic) bond motifs is 3. The van der Waals surface area contributed by atoms with Gasteiger partial charge in [-0.1, -0.05) is 12.1 Å². The van der Waals surface area contributed by atoms with Gasteiger partial charge in [-0.05, 0) is 31.4 Å². The summed E-state index contributed by atoms with van der Waals surface area (Å²) >= 11 is 0. The first-order chi connectivity index (χ1) is 13.7. The van der Waals surface area contributed by atoms with Gasteiger partial charge in [0.25, 0.3) is 0 Å². The van der Waals surface area contributed by atoms with E-state index in [4.69, 9.17) is 9.97 Å². The van der Waals surface area contributed by atoms with Gasteiger partial charge in [0.1, 0.15) is 6.04 Å². The fourth-order valence-electron chi connectivity index (χ4n) is 3.54. The molecule has 1 aliphatic heterocycles. The van der Waals surface area contributed by atoms with Crippen molar-refractivity contribution in [3.05, 3.63) is 36.7 Å². The Morgan fingerprint density at radius 1 is 1.21 bits per heavy atom. The lowest BCUT2D eigenvalue weighted by Crippen LogP contribution is -2.38. The van der Waals surface area contributed by atoms with Gasteiger partial charge in [0.2, 0.25) is 11.9 Å². The average Bonchev–Trinajstić information content (AvgIpc) is 3.28. The quantitative estimate of drug-likeness (QED) is 0.565. The molecule has 0 saturated carbocycles. The van der Waals surface area contributed by atoms with E-state index >= 15 is 0 Å². The number of nitrogens with zero attached hydrogens (tertiary/aromatic N) is 6. The third kappa shape index (κ3) is 2.84. The van der Waals surface area contributed by atoms with Gasteiger partial charge >= 0.3 is 0 Å². The van der Waals surface area contributed by atoms with Crippen LogP contribution in [0.3, 0.4) is 0 Å². The molecule has 1 amide bonds. The van der Waals surface area contributed by atoms with Gasteiger partial charge in [0.05, 0.1) is 17.3 Å². The minimum absolute atomic E-state index is 0.00629. The summed E-state index contributed by atoms with van der Waals surface area (Å²) in [5.41, 5.74) is 2.33. The Kier molecular flexibility index (Phi) is 3.92. The first-order valence-electron chi connectivity index (χ1n) is 9.38. The van der Waals surface area contributed by atoms with Crippen molar-refractivity contribution in [3.8, 4) is 11.4 Å². The van der Waals surface area contributed by atoms with Crippen LogP contribution in [0, 0.1) is 0 Å². The molecular weight excluding hydrogens is 356 g/mol. The SMILES string of the molecule is Cn1cc(-c2nc3c4ccccc4nc(N[C@H]4CCCCNC4=O)n3n2)cn1. The minimum atomic E-state index is -0.342. The number of amides is 1. The van der Waals surface area contributed by atoms with Gasteiger partial charge in [-0.2, -0.15) is 9.61 Å². The Balaban J connectivity index is 1.66. The van der Waals surface area contributed by atoms with Crippen molar-refractivity contribution in [2.45, 2.75) is 25.3 Å². The van der Waals surface area contributed by atoms with Crippen molar-refractivity contribution < 1.29 is 4.79 Å².